The summed E-state index contributed by atoms with van der Waals surface area (Å²) >= 11 is 5.35. The molecule has 110 valence electrons. The Hall–Kier alpha value is -2.07. The molecule has 2 aromatic carbocycles. The fourth-order valence-electron chi connectivity index (χ4n) is 2.02. The van der Waals surface area contributed by atoms with Crippen LogP contribution in [0.3, 0.4) is 0 Å². The average Bonchev–Trinajstić information content (AvgIpc) is 2.50. The summed E-state index contributed by atoms with van der Waals surface area (Å²) < 4.78 is 5.21. The molecule has 0 aromatic heterocycles. The van der Waals surface area contributed by atoms with Gasteiger partial charge < -0.3 is 15.4 Å². The third-order valence-electron chi connectivity index (χ3n) is 3.44. The number of thiocarbonyl (C=S) groups is 1. The lowest BCUT2D eigenvalue weighted by Crippen LogP contribution is -2.28. The van der Waals surface area contributed by atoms with E-state index in [0.29, 0.717) is 11.7 Å². The summed E-state index contributed by atoms with van der Waals surface area (Å²) in [6, 6.07) is 14.1. The molecule has 0 heterocycles. The molecule has 2 N–H and O–H groups in total. The van der Waals surface area contributed by atoms with Crippen molar-refractivity contribution in [1.82, 2.24) is 5.32 Å². The number of hydrogen-bond acceptors (Lipinski definition) is 2. The second-order valence-electron chi connectivity index (χ2n) is 4.91. The first kappa shape index (κ1) is 15.3. The van der Waals surface area contributed by atoms with Crippen LogP contribution >= 0.6 is 12.2 Å². The molecule has 21 heavy (non-hydrogen) atoms. The lowest BCUT2D eigenvalue weighted by molar-refractivity contribution is 0.414. The summed E-state index contributed by atoms with van der Waals surface area (Å²) in [6.45, 7) is 4.84. The fourth-order valence-corrected chi connectivity index (χ4v) is 2.20. The Morgan fingerprint density at radius 1 is 1.14 bits per heavy atom. The molecule has 4 heteroatoms. The van der Waals surface area contributed by atoms with E-state index in [4.69, 9.17) is 17.0 Å². The van der Waals surface area contributed by atoms with Crippen LogP contribution in [0.1, 0.15) is 16.7 Å². The number of methoxy groups -OCH3 is 1. The molecule has 2 aromatic rings. The van der Waals surface area contributed by atoms with Gasteiger partial charge in [-0.1, -0.05) is 24.3 Å². The van der Waals surface area contributed by atoms with Gasteiger partial charge in [-0.2, -0.15) is 0 Å². The molecule has 0 aliphatic rings. The zero-order valence-electron chi connectivity index (χ0n) is 12.6. The molecule has 0 unspecified atom stereocenters. The van der Waals surface area contributed by atoms with Gasteiger partial charge in [-0.3, -0.25) is 0 Å². The summed E-state index contributed by atoms with van der Waals surface area (Å²) in [5.41, 5.74) is 4.62. The van der Waals surface area contributed by atoms with Crippen molar-refractivity contribution in [3.63, 3.8) is 0 Å². The number of anilines is 1. The first-order chi connectivity index (χ1) is 10.1. The van der Waals surface area contributed by atoms with Gasteiger partial charge in [0.15, 0.2) is 5.11 Å². The smallest absolute Gasteiger partial charge is 0.171 e. The number of nitrogens with one attached hydrogen (secondary N) is 2. The predicted octanol–water partition coefficient (Wildman–Crippen LogP) is 3.80. The molecule has 0 aliphatic heterocycles. The highest BCUT2D eigenvalue weighted by atomic mass is 32.1. The van der Waals surface area contributed by atoms with Gasteiger partial charge in [-0.15, -0.1) is 0 Å². The SMILES string of the molecule is COc1cccc(CNC(=S)Nc2cccc(C)c2C)c1. The van der Waals surface area contributed by atoms with E-state index in [1.54, 1.807) is 7.11 Å². The van der Waals surface area contributed by atoms with Crippen LogP contribution < -0.4 is 15.4 Å². The maximum Gasteiger partial charge on any atom is 0.171 e. The second-order valence-corrected chi connectivity index (χ2v) is 5.31. The van der Waals surface area contributed by atoms with Crippen molar-refractivity contribution in [2.24, 2.45) is 0 Å². The zero-order valence-corrected chi connectivity index (χ0v) is 13.4. The van der Waals surface area contributed by atoms with Gasteiger partial charge in [-0.25, -0.2) is 0 Å². The van der Waals surface area contributed by atoms with Gasteiger partial charge >= 0.3 is 0 Å². The van der Waals surface area contributed by atoms with Gasteiger partial charge in [0.2, 0.25) is 0 Å². The maximum absolute atomic E-state index is 5.35. The number of aryl methyl sites for hydroxylation is 1. The Balaban J connectivity index is 1.94. The molecule has 0 radical (unpaired) electrons. The summed E-state index contributed by atoms with van der Waals surface area (Å²) in [4.78, 5) is 0. The van der Waals surface area contributed by atoms with Crippen molar-refractivity contribution in [3.05, 3.63) is 59.2 Å². The molecular weight excluding hydrogens is 280 g/mol. The Kier molecular flexibility index (Phi) is 5.17. The number of rotatable bonds is 4. The van der Waals surface area contributed by atoms with Crippen molar-refractivity contribution in [2.45, 2.75) is 20.4 Å². The van der Waals surface area contributed by atoms with Crippen molar-refractivity contribution in [1.29, 1.82) is 0 Å². The topological polar surface area (TPSA) is 33.3 Å². The van der Waals surface area contributed by atoms with Crippen molar-refractivity contribution in [3.8, 4) is 5.75 Å². The predicted molar refractivity (Wildman–Crippen MR) is 92.0 cm³/mol. The zero-order chi connectivity index (χ0) is 15.2. The van der Waals surface area contributed by atoms with E-state index in [2.05, 4.69) is 30.5 Å². The molecule has 2 rings (SSSR count). The Bertz CT molecular complexity index is 640. The van der Waals surface area contributed by atoms with Crippen LogP contribution in [0, 0.1) is 13.8 Å². The number of ether oxygens (including phenoxy) is 1. The normalized spacial score (nSPS) is 10.0. The van der Waals surface area contributed by atoms with Crippen LogP contribution in [0.5, 0.6) is 5.75 Å². The van der Waals surface area contributed by atoms with Crippen molar-refractivity contribution < 1.29 is 4.74 Å². The van der Waals surface area contributed by atoms with E-state index < -0.39 is 0 Å². The molecule has 0 fully saturated rings. The van der Waals surface area contributed by atoms with E-state index in [-0.39, 0.29) is 0 Å². The van der Waals surface area contributed by atoms with Crippen LogP contribution in [0.2, 0.25) is 0 Å². The van der Waals surface area contributed by atoms with Crippen LogP contribution in [0.15, 0.2) is 42.5 Å². The molecule has 3 nitrogen and oxygen atoms in total. The highest BCUT2D eigenvalue weighted by Crippen LogP contribution is 2.18. The van der Waals surface area contributed by atoms with Gasteiger partial charge in [0.25, 0.3) is 0 Å². The minimum atomic E-state index is 0.617. The molecule has 0 atom stereocenters. The summed E-state index contributed by atoms with van der Waals surface area (Å²) in [6.07, 6.45) is 0. The van der Waals surface area contributed by atoms with Crippen LogP contribution in [-0.4, -0.2) is 12.2 Å². The molecule has 0 saturated heterocycles. The minimum Gasteiger partial charge on any atom is -0.497 e. The van der Waals surface area contributed by atoms with E-state index in [0.717, 1.165) is 17.0 Å². The van der Waals surface area contributed by atoms with Crippen LogP contribution in [0.25, 0.3) is 0 Å². The Labute approximate surface area is 131 Å². The van der Waals surface area contributed by atoms with Gasteiger partial charge in [0, 0.05) is 12.2 Å². The lowest BCUT2D eigenvalue weighted by Gasteiger charge is -2.14. The summed E-state index contributed by atoms with van der Waals surface area (Å²) in [5, 5.41) is 7.07. The largest absolute Gasteiger partial charge is 0.497 e. The summed E-state index contributed by atoms with van der Waals surface area (Å²) in [7, 11) is 1.67. The van der Waals surface area contributed by atoms with E-state index in [9.17, 15) is 0 Å². The fraction of sp³-hybridized carbons (Fsp3) is 0.235. The van der Waals surface area contributed by atoms with Crippen LogP contribution in [0.4, 0.5) is 5.69 Å². The highest BCUT2D eigenvalue weighted by Gasteiger charge is 2.03. The second kappa shape index (κ2) is 7.09. The Morgan fingerprint density at radius 2 is 1.90 bits per heavy atom. The van der Waals surface area contributed by atoms with E-state index in [1.165, 1.54) is 11.1 Å². The van der Waals surface area contributed by atoms with E-state index >= 15 is 0 Å². The number of benzene rings is 2. The third-order valence-corrected chi connectivity index (χ3v) is 3.69. The molecule has 0 amide bonds. The average molecular weight is 300 g/mol. The van der Waals surface area contributed by atoms with Crippen LogP contribution in [-0.2, 0) is 6.54 Å². The standard InChI is InChI=1S/C17H20N2OS/c1-12-6-4-9-16(13(12)2)19-17(21)18-11-14-7-5-8-15(10-14)20-3/h4-10H,11H2,1-3H3,(H2,18,19,21). The molecule has 0 saturated carbocycles. The molecule has 0 spiro atoms. The lowest BCUT2D eigenvalue weighted by atomic mass is 10.1. The maximum atomic E-state index is 5.35. The first-order valence-electron chi connectivity index (χ1n) is 6.84. The minimum absolute atomic E-state index is 0.617. The van der Waals surface area contributed by atoms with Gasteiger partial charge in [-0.05, 0) is 61.0 Å². The van der Waals surface area contributed by atoms with Gasteiger partial charge in [0.1, 0.15) is 5.75 Å². The Morgan fingerprint density at radius 3 is 2.67 bits per heavy atom. The molecule has 0 bridgehead atoms. The van der Waals surface area contributed by atoms with E-state index in [1.807, 2.05) is 36.4 Å². The molecule has 0 aliphatic carbocycles. The monoisotopic (exact) mass is 300 g/mol. The first-order valence-corrected chi connectivity index (χ1v) is 7.25. The van der Waals surface area contributed by atoms with Gasteiger partial charge in [0.05, 0.1) is 7.11 Å². The highest BCUT2D eigenvalue weighted by molar-refractivity contribution is 7.80. The van der Waals surface area contributed by atoms with Crippen molar-refractivity contribution >= 4 is 23.0 Å². The molecular formula is C17H20N2OS. The summed E-state index contributed by atoms with van der Waals surface area (Å²) in [5.74, 6) is 0.850. The quantitative estimate of drug-likeness (QED) is 0.842. The third kappa shape index (κ3) is 4.20. The number of hydrogen-bond donors (Lipinski definition) is 2. The van der Waals surface area contributed by atoms with Crippen molar-refractivity contribution in [2.75, 3.05) is 12.4 Å².